The first-order valence-electron chi connectivity index (χ1n) is 9.65. The average molecular weight is 476 g/mol. The lowest BCUT2D eigenvalue weighted by Gasteiger charge is -2.15. The summed E-state index contributed by atoms with van der Waals surface area (Å²) in [7, 11) is 1.81. The number of hydrogen-bond donors (Lipinski definition) is 1. The van der Waals surface area contributed by atoms with E-state index in [9.17, 15) is 14.9 Å². The Morgan fingerprint density at radius 2 is 1.94 bits per heavy atom. The topological polar surface area (TPSA) is 112 Å². The molecule has 0 aliphatic heterocycles. The zero-order valence-electron chi connectivity index (χ0n) is 18.0. The van der Waals surface area contributed by atoms with Gasteiger partial charge in [-0.1, -0.05) is 29.4 Å². The van der Waals surface area contributed by atoms with Crippen LogP contribution >= 0.6 is 23.4 Å². The molecule has 1 unspecified atom stereocenters. The number of amides is 1. The SMILES string of the molecule is Cc1cc(C)cc(OC(C)c2nnc(SCC(=O)Nc3ccc(Cl)c([N+](=O)[O-])c3)n2C)c1. The minimum absolute atomic E-state index is 0.00570. The van der Waals surface area contributed by atoms with Gasteiger partial charge in [-0.2, -0.15) is 0 Å². The number of aromatic nitrogens is 3. The lowest BCUT2D eigenvalue weighted by Crippen LogP contribution is -2.15. The van der Waals surface area contributed by atoms with Gasteiger partial charge in [-0.25, -0.2) is 0 Å². The molecule has 1 amide bonds. The first-order chi connectivity index (χ1) is 15.1. The van der Waals surface area contributed by atoms with Gasteiger partial charge in [-0.3, -0.25) is 14.9 Å². The number of nitro groups is 1. The van der Waals surface area contributed by atoms with E-state index in [1.807, 2.05) is 32.9 Å². The van der Waals surface area contributed by atoms with E-state index in [2.05, 4.69) is 21.6 Å². The summed E-state index contributed by atoms with van der Waals surface area (Å²) < 4.78 is 7.80. The highest BCUT2D eigenvalue weighted by Gasteiger charge is 2.19. The Morgan fingerprint density at radius 3 is 2.59 bits per heavy atom. The van der Waals surface area contributed by atoms with Gasteiger partial charge in [-0.05, 0) is 56.2 Å². The second-order valence-corrected chi connectivity index (χ2v) is 8.59. The van der Waals surface area contributed by atoms with Crippen molar-refractivity contribution < 1.29 is 14.5 Å². The maximum Gasteiger partial charge on any atom is 0.289 e. The van der Waals surface area contributed by atoms with Crippen molar-refractivity contribution in [2.75, 3.05) is 11.1 Å². The molecule has 2 aromatic carbocycles. The number of ether oxygens (including phenoxy) is 1. The van der Waals surface area contributed by atoms with Crippen LogP contribution in [0.1, 0.15) is 30.0 Å². The fourth-order valence-electron chi connectivity index (χ4n) is 3.12. The molecule has 168 valence electrons. The molecule has 0 saturated carbocycles. The fourth-order valence-corrected chi connectivity index (χ4v) is 4.03. The standard InChI is InChI=1S/C21H22ClN5O4S/c1-12-7-13(2)9-16(8-12)31-14(3)20-24-25-21(26(20)4)32-11-19(28)23-15-5-6-17(22)18(10-15)27(29)30/h5-10,14H,11H2,1-4H3,(H,23,28). The van der Waals surface area contributed by atoms with Crippen LogP contribution in [0, 0.1) is 24.0 Å². The summed E-state index contributed by atoms with van der Waals surface area (Å²) in [5.41, 5.74) is 2.24. The van der Waals surface area contributed by atoms with Crippen LogP contribution in [-0.4, -0.2) is 31.3 Å². The van der Waals surface area contributed by atoms with E-state index < -0.39 is 4.92 Å². The van der Waals surface area contributed by atoms with Crippen molar-refractivity contribution in [1.82, 2.24) is 14.8 Å². The molecule has 1 atom stereocenters. The molecular weight excluding hydrogens is 454 g/mol. The first kappa shape index (κ1) is 23.6. The summed E-state index contributed by atoms with van der Waals surface area (Å²) in [6.45, 7) is 5.90. The van der Waals surface area contributed by atoms with E-state index in [0.29, 0.717) is 16.7 Å². The van der Waals surface area contributed by atoms with Crippen molar-refractivity contribution >= 4 is 40.6 Å². The van der Waals surface area contributed by atoms with E-state index in [-0.39, 0.29) is 28.5 Å². The van der Waals surface area contributed by atoms with Gasteiger partial charge in [0, 0.05) is 18.8 Å². The van der Waals surface area contributed by atoms with Crippen LogP contribution in [0.5, 0.6) is 5.75 Å². The number of nitrogens with one attached hydrogen (secondary N) is 1. The molecule has 1 heterocycles. The molecule has 1 N–H and O–H groups in total. The fraction of sp³-hybridized carbons (Fsp3) is 0.286. The quantitative estimate of drug-likeness (QED) is 0.281. The Hall–Kier alpha value is -3.11. The number of carbonyl (C=O) groups is 1. The number of anilines is 1. The average Bonchev–Trinajstić information content (AvgIpc) is 3.07. The Balaban J connectivity index is 1.61. The van der Waals surface area contributed by atoms with Crippen molar-refractivity contribution in [3.63, 3.8) is 0 Å². The normalized spacial score (nSPS) is 11.8. The maximum absolute atomic E-state index is 12.3. The van der Waals surface area contributed by atoms with E-state index in [4.69, 9.17) is 16.3 Å². The summed E-state index contributed by atoms with van der Waals surface area (Å²) in [5, 5.41) is 22.5. The molecule has 0 aliphatic carbocycles. The number of hydrogen-bond acceptors (Lipinski definition) is 7. The van der Waals surface area contributed by atoms with Gasteiger partial charge in [-0.15, -0.1) is 10.2 Å². The largest absolute Gasteiger partial charge is 0.483 e. The molecule has 0 bridgehead atoms. The number of carbonyl (C=O) groups excluding carboxylic acids is 1. The summed E-state index contributed by atoms with van der Waals surface area (Å²) in [4.78, 5) is 22.7. The highest BCUT2D eigenvalue weighted by atomic mass is 35.5. The zero-order chi connectivity index (χ0) is 23.4. The Bertz CT molecular complexity index is 1150. The van der Waals surface area contributed by atoms with Crippen molar-refractivity contribution in [2.24, 2.45) is 7.05 Å². The van der Waals surface area contributed by atoms with Gasteiger partial charge in [0.1, 0.15) is 10.8 Å². The number of halogens is 1. The summed E-state index contributed by atoms with van der Waals surface area (Å²) in [6.07, 6.45) is -0.341. The van der Waals surface area contributed by atoms with Gasteiger partial charge < -0.3 is 14.6 Å². The second kappa shape index (κ2) is 10.0. The smallest absolute Gasteiger partial charge is 0.289 e. The van der Waals surface area contributed by atoms with Crippen LogP contribution in [0.3, 0.4) is 0 Å². The van der Waals surface area contributed by atoms with Crippen LogP contribution in [-0.2, 0) is 11.8 Å². The molecule has 0 radical (unpaired) electrons. The van der Waals surface area contributed by atoms with E-state index >= 15 is 0 Å². The molecule has 3 rings (SSSR count). The first-order valence-corrected chi connectivity index (χ1v) is 11.0. The highest BCUT2D eigenvalue weighted by Crippen LogP contribution is 2.28. The molecular formula is C21H22ClN5O4S. The Labute approximate surface area is 194 Å². The van der Waals surface area contributed by atoms with E-state index in [0.717, 1.165) is 16.9 Å². The van der Waals surface area contributed by atoms with Gasteiger partial charge in [0.2, 0.25) is 5.91 Å². The number of nitro benzene ring substituents is 1. The molecule has 32 heavy (non-hydrogen) atoms. The predicted molar refractivity (Wildman–Crippen MR) is 123 cm³/mol. The molecule has 11 heteroatoms. The van der Waals surface area contributed by atoms with E-state index in [1.54, 1.807) is 11.6 Å². The van der Waals surface area contributed by atoms with Crippen LogP contribution in [0.15, 0.2) is 41.6 Å². The summed E-state index contributed by atoms with van der Waals surface area (Å²) in [6, 6.07) is 10.1. The lowest BCUT2D eigenvalue weighted by atomic mass is 10.1. The number of benzene rings is 2. The van der Waals surface area contributed by atoms with Crippen LogP contribution in [0.2, 0.25) is 5.02 Å². The van der Waals surface area contributed by atoms with Gasteiger partial charge in [0.05, 0.1) is 10.7 Å². The Morgan fingerprint density at radius 1 is 1.25 bits per heavy atom. The van der Waals surface area contributed by atoms with Crippen LogP contribution in [0.25, 0.3) is 0 Å². The molecule has 0 fully saturated rings. The van der Waals surface area contributed by atoms with Crippen molar-refractivity contribution in [2.45, 2.75) is 32.0 Å². The zero-order valence-corrected chi connectivity index (χ0v) is 19.5. The third-order valence-corrected chi connectivity index (χ3v) is 5.84. The minimum atomic E-state index is -0.602. The van der Waals surface area contributed by atoms with Gasteiger partial charge in [0.15, 0.2) is 17.1 Å². The number of aryl methyl sites for hydroxylation is 2. The second-order valence-electron chi connectivity index (χ2n) is 7.24. The molecule has 9 nitrogen and oxygen atoms in total. The van der Waals surface area contributed by atoms with E-state index in [1.165, 1.54) is 30.0 Å². The molecule has 0 saturated heterocycles. The lowest BCUT2D eigenvalue weighted by molar-refractivity contribution is -0.384. The monoisotopic (exact) mass is 475 g/mol. The molecule has 3 aromatic rings. The third kappa shape index (κ3) is 5.77. The molecule has 0 aliphatic rings. The third-order valence-electron chi connectivity index (χ3n) is 4.50. The van der Waals surface area contributed by atoms with Gasteiger partial charge >= 0.3 is 0 Å². The van der Waals surface area contributed by atoms with Crippen LogP contribution in [0.4, 0.5) is 11.4 Å². The van der Waals surface area contributed by atoms with Crippen molar-refractivity contribution in [3.8, 4) is 5.75 Å². The number of thioether (sulfide) groups is 1. The molecule has 1 aromatic heterocycles. The van der Waals surface area contributed by atoms with Crippen molar-refractivity contribution in [1.29, 1.82) is 0 Å². The molecule has 0 spiro atoms. The summed E-state index contributed by atoms with van der Waals surface area (Å²) in [5.74, 6) is 1.09. The number of rotatable bonds is 8. The Kier molecular flexibility index (Phi) is 7.37. The highest BCUT2D eigenvalue weighted by molar-refractivity contribution is 7.99. The minimum Gasteiger partial charge on any atom is -0.483 e. The summed E-state index contributed by atoms with van der Waals surface area (Å²) >= 11 is 6.99. The van der Waals surface area contributed by atoms with Crippen LogP contribution < -0.4 is 10.1 Å². The predicted octanol–water partition coefficient (Wildman–Crippen LogP) is 4.86. The van der Waals surface area contributed by atoms with Gasteiger partial charge in [0.25, 0.3) is 5.69 Å². The maximum atomic E-state index is 12.3. The van der Waals surface area contributed by atoms with Crippen molar-refractivity contribution in [3.05, 3.63) is 68.5 Å². The number of nitrogens with zero attached hydrogens (tertiary/aromatic N) is 4.